The number of hydrogen-bond acceptors (Lipinski definition) is 25. The number of nitrogens with two attached hydrogens (primary N) is 4. The minimum atomic E-state index is -2.04. The first-order valence-electron chi connectivity index (χ1n) is 35.4. The van der Waals surface area contributed by atoms with Gasteiger partial charge in [0, 0.05) is 55.7 Å². The monoisotopic (exact) mass is 1610 g/mol. The van der Waals surface area contributed by atoms with E-state index < -0.39 is 242 Å². The van der Waals surface area contributed by atoms with Crippen molar-refractivity contribution in [1.29, 1.82) is 0 Å². The molecule has 1 saturated heterocycles. The van der Waals surface area contributed by atoms with Gasteiger partial charge in [0.25, 0.3) is 0 Å². The summed E-state index contributed by atoms with van der Waals surface area (Å²) in [6.07, 6.45) is -3.16. The number of thiol groups is 2. The Hall–Kier alpha value is -10.7. The van der Waals surface area contributed by atoms with Crippen molar-refractivity contribution in [3.05, 3.63) is 18.2 Å². The van der Waals surface area contributed by atoms with Crippen molar-refractivity contribution in [1.82, 2.24) is 89.7 Å². The molecule has 0 bridgehead atoms. The van der Waals surface area contributed by atoms with E-state index >= 15 is 0 Å². The molecule has 0 saturated carbocycles. The molecule has 2 heterocycles. The number of aliphatic carboxylic acids is 3. The lowest BCUT2D eigenvalue weighted by Crippen LogP contribution is -2.61. The van der Waals surface area contributed by atoms with E-state index in [4.69, 9.17) is 22.9 Å². The number of carboxylic acids is 3. The predicted molar refractivity (Wildman–Crippen MR) is 400 cm³/mol. The first kappa shape index (κ1) is 96.4. The number of aliphatic hydroxyl groups excluding tert-OH is 2. The number of aliphatic hydroxyl groups is 2. The number of carboxylic acid groups (broad SMARTS) is 3. The van der Waals surface area contributed by atoms with Gasteiger partial charge in [0.15, 0.2) is 11.9 Å². The molecule has 1 aliphatic rings. The number of H-pyrrole nitrogens is 1. The number of hydrogen-bond donors (Lipinski definition) is 27. The van der Waals surface area contributed by atoms with Gasteiger partial charge in [-0.15, -0.1) is 0 Å². The Bertz CT molecular complexity index is 3410. The zero-order valence-corrected chi connectivity index (χ0v) is 64.0. The fraction of sp³-hybridized carbons (Fsp3) is 0.656. The van der Waals surface area contributed by atoms with Crippen LogP contribution in [-0.2, 0) is 87.9 Å². The van der Waals surface area contributed by atoms with Crippen LogP contribution in [0.15, 0.2) is 22.5 Å². The van der Waals surface area contributed by atoms with Crippen molar-refractivity contribution >= 4 is 138 Å². The quantitative estimate of drug-likeness (QED) is 0.0125. The van der Waals surface area contributed by atoms with Crippen LogP contribution in [0.1, 0.15) is 118 Å². The van der Waals surface area contributed by atoms with E-state index in [1.807, 2.05) is 0 Å². The lowest BCUT2D eigenvalue weighted by atomic mass is 10.0. The summed E-state index contributed by atoms with van der Waals surface area (Å²) in [6, 6.07) is -18.0. The number of aliphatic imine (C=N–C) groups is 2. The highest BCUT2D eigenvalue weighted by Gasteiger charge is 2.38. The molecule has 622 valence electrons. The van der Waals surface area contributed by atoms with Gasteiger partial charge in [0.2, 0.25) is 82.7 Å². The molecule has 1 fully saturated rings. The van der Waals surface area contributed by atoms with Crippen molar-refractivity contribution < 1.29 is 107 Å². The van der Waals surface area contributed by atoms with Crippen LogP contribution >= 0.6 is 25.3 Å². The number of aromatic nitrogens is 2. The molecule has 47 heteroatoms. The Kier molecular flexibility index (Phi) is 43.6. The van der Waals surface area contributed by atoms with E-state index in [9.17, 15) is 107 Å². The largest absolute Gasteiger partial charge is 0.481 e. The summed E-state index contributed by atoms with van der Waals surface area (Å²) in [7, 11) is 0. The normalized spacial score (nSPS) is 15.9. The second-order valence-corrected chi connectivity index (χ2v) is 27.3. The minimum absolute atomic E-state index is 0.0106. The van der Waals surface area contributed by atoms with Crippen LogP contribution in [0.5, 0.6) is 0 Å². The van der Waals surface area contributed by atoms with Crippen molar-refractivity contribution in [2.75, 3.05) is 50.8 Å². The van der Waals surface area contributed by atoms with Gasteiger partial charge in [-0.2, -0.15) is 25.3 Å². The van der Waals surface area contributed by atoms with Crippen LogP contribution in [0.25, 0.3) is 0 Å². The van der Waals surface area contributed by atoms with Gasteiger partial charge in [-0.1, -0.05) is 27.7 Å². The molecule has 1 aromatic heterocycles. The maximum atomic E-state index is 14.2. The highest BCUT2D eigenvalue weighted by molar-refractivity contribution is 7.80. The van der Waals surface area contributed by atoms with Gasteiger partial charge in [0.1, 0.15) is 66.5 Å². The number of imidazole rings is 1. The molecule has 45 nitrogen and oxygen atoms in total. The maximum absolute atomic E-state index is 14.2. The number of guanidine groups is 2. The van der Waals surface area contributed by atoms with E-state index in [-0.39, 0.29) is 75.2 Å². The number of amides is 14. The molecule has 0 radical (unpaired) electrons. The standard InChI is InChI=1S/C64H107N23O22S2/c1-29(2)20-39(57(103)83-40(62(108)109)21-33-22-69-28-76-33)82-58(104)42(27-111)84-54(100)35(11-8-18-71-63(65)66)77-43(90)23-73-51(97)37(13-15-46(93)94)81-61(107)50(32(6)89)86-56(102)36(12-9-19-72-64(67)68)80-55(101)38(14-16-47(95)96)78-44(91)24-74-52(98)41(26-110)79-45(92)25-75-59(105)49(31(5)88)87-60(106)48(30(3)4)85-53(99)34-10-7-17-70-34/h22,28-32,34-42,48-50,70,88-89,110-111H,7-21,23-27H2,1-6H3,(H,69,76)(H,73,97)(H,74,98)(H,75,105)(H,77,90)(H,78,91)(H,79,92)(H,80,101)(H,81,107)(H,82,104)(H,83,103)(H,84,100)(H,85,99)(H,86,102)(H,87,106)(H,93,94)(H,95,96)(H,108,109)(H4,65,66,71)(H4,67,68,72)/t31-,32-,34+,35+,36+,37+,38+,39+,40+,41+,42+,48+,49+,50+/m1/s1. The SMILES string of the molecule is CC(C)C[C@H](NC(=O)[C@H](CS)NC(=O)[C@H](CCCN=C(N)N)NC(=O)CNC(=O)[C@H](CCC(=O)O)NC(=O)[C@@H](NC(=O)[C@H](CCCN=C(N)N)NC(=O)[C@H](CCC(=O)O)NC(=O)CNC(=O)[C@H](CS)NC(=O)CNC(=O)[C@@H](NC(=O)[C@@H](NC(=O)[C@@H]1CCCN1)C(C)C)[C@@H](C)O)[C@@H](C)O)C(=O)N[C@@H](Cc1cnc[nH]1)C(=O)O. The summed E-state index contributed by atoms with van der Waals surface area (Å²) in [6.45, 7) is 6.61. The number of carbonyl (C=O) groups excluding carboxylic acids is 14. The van der Waals surface area contributed by atoms with Crippen molar-refractivity contribution in [2.24, 2.45) is 44.8 Å². The van der Waals surface area contributed by atoms with Crippen LogP contribution in [0, 0.1) is 11.8 Å². The number of nitrogens with zero attached hydrogens (tertiary/aromatic N) is 3. The van der Waals surface area contributed by atoms with Gasteiger partial charge in [0.05, 0.1) is 44.2 Å². The smallest absolute Gasteiger partial charge is 0.326 e. The first-order valence-corrected chi connectivity index (χ1v) is 36.6. The van der Waals surface area contributed by atoms with Crippen molar-refractivity contribution in [2.45, 2.75) is 203 Å². The second kappa shape index (κ2) is 50.2. The molecule has 1 aromatic rings. The summed E-state index contributed by atoms with van der Waals surface area (Å²) in [5, 5.41) is 86.1. The van der Waals surface area contributed by atoms with E-state index in [2.05, 4.69) is 125 Å². The lowest BCUT2D eigenvalue weighted by Gasteiger charge is -2.27. The summed E-state index contributed by atoms with van der Waals surface area (Å²) >= 11 is 8.28. The van der Waals surface area contributed by atoms with Gasteiger partial charge < -0.3 is 133 Å². The lowest BCUT2D eigenvalue weighted by molar-refractivity contribution is -0.142. The molecule has 0 aliphatic carbocycles. The minimum Gasteiger partial charge on any atom is -0.481 e. The average molecular weight is 1610 g/mol. The molecular formula is C64H107N23O22S2. The fourth-order valence-corrected chi connectivity index (χ4v) is 11.0. The number of aromatic amines is 1. The average Bonchev–Trinajstić information content (AvgIpc) is 1.41. The highest BCUT2D eigenvalue weighted by Crippen LogP contribution is 2.13. The molecule has 0 unspecified atom stereocenters. The molecule has 14 amide bonds. The second-order valence-electron chi connectivity index (χ2n) is 26.5. The van der Waals surface area contributed by atoms with E-state index in [0.717, 1.165) is 13.3 Å². The van der Waals surface area contributed by atoms with Crippen molar-refractivity contribution in [3.63, 3.8) is 0 Å². The maximum Gasteiger partial charge on any atom is 0.326 e. The summed E-state index contributed by atoms with van der Waals surface area (Å²) < 4.78 is 0. The van der Waals surface area contributed by atoms with Crippen LogP contribution in [0.4, 0.5) is 0 Å². The Morgan fingerprint density at radius 2 is 0.874 bits per heavy atom. The number of rotatable bonds is 52. The first-order chi connectivity index (χ1) is 52.2. The molecule has 14 atom stereocenters. The predicted octanol–water partition coefficient (Wildman–Crippen LogP) is -10.4. The zero-order valence-electron chi connectivity index (χ0n) is 62.3. The molecular weight excluding hydrogens is 1510 g/mol. The van der Waals surface area contributed by atoms with Gasteiger partial charge >= 0.3 is 17.9 Å². The molecule has 0 aromatic carbocycles. The molecule has 1 aliphatic heterocycles. The number of carbonyl (C=O) groups is 17. The van der Waals surface area contributed by atoms with Crippen LogP contribution < -0.4 is 103 Å². The van der Waals surface area contributed by atoms with Crippen LogP contribution in [0.2, 0.25) is 0 Å². The van der Waals surface area contributed by atoms with E-state index in [0.29, 0.717) is 18.7 Å². The summed E-state index contributed by atoms with van der Waals surface area (Å²) in [4.78, 5) is 240. The van der Waals surface area contributed by atoms with Gasteiger partial charge in [-0.3, -0.25) is 86.7 Å². The Balaban J connectivity index is 2.28. The molecule has 2 rings (SSSR count). The van der Waals surface area contributed by atoms with Gasteiger partial charge in [-0.25, -0.2) is 9.78 Å². The number of nitrogens with one attached hydrogen (secondary N) is 16. The summed E-state index contributed by atoms with van der Waals surface area (Å²) in [5.74, 6) is -20.8. The third-order valence-corrected chi connectivity index (χ3v) is 17.1. The van der Waals surface area contributed by atoms with Crippen LogP contribution in [-0.4, -0.2) is 284 Å². The Morgan fingerprint density at radius 3 is 1.32 bits per heavy atom. The molecule has 0 spiro atoms. The Morgan fingerprint density at radius 1 is 0.486 bits per heavy atom. The topological polar surface area (TPSA) is 729 Å². The van der Waals surface area contributed by atoms with Gasteiger partial charge in [-0.05, 0) is 90.0 Å². The van der Waals surface area contributed by atoms with E-state index in [1.165, 1.54) is 19.4 Å². The zero-order chi connectivity index (χ0) is 83.8. The third-order valence-electron chi connectivity index (χ3n) is 16.4. The summed E-state index contributed by atoms with van der Waals surface area (Å²) in [5.41, 5.74) is 22.2. The van der Waals surface area contributed by atoms with Crippen molar-refractivity contribution in [3.8, 4) is 0 Å². The molecule has 111 heavy (non-hydrogen) atoms. The van der Waals surface area contributed by atoms with Crippen LogP contribution in [0.3, 0.4) is 0 Å². The molecule has 29 N–H and O–H groups in total. The highest BCUT2D eigenvalue weighted by atomic mass is 32.1. The fourth-order valence-electron chi connectivity index (χ4n) is 10.5. The van der Waals surface area contributed by atoms with E-state index in [1.54, 1.807) is 27.7 Å². The third kappa shape index (κ3) is 37.5. The Labute approximate surface area is 649 Å².